The predicted octanol–water partition coefficient (Wildman–Crippen LogP) is -1.27. The molecular weight excluding hydrogens is 198 g/mol. The molecule has 0 aromatic heterocycles. The first-order valence-corrected chi connectivity index (χ1v) is 4.86. The fourth-order valence-electron chi connectivity index (χ4n) is 0.909. The highest BCUT2D eigenvalue weighted by atomic mass is 16.5. The molecule has 0 saturated carbocycles. The van der Waals surface area contributed by atoms with E-state index in [4.69, 9.17) is 16.2 Å². The summed E-state index contributed by atoms with van der Waals surface area (Å²) in [6, 6.07) is -0.874. The number of nitrogens with one attached hydrogen (secondary N) is 1. The van der Waals surface area contributed by atoms with E-state index in [2.05, 4.69) is 5.32 Å². The number of hydrogen-bond donors (Lipinski definition) is 3. The number of nitrogens with two attached hydrogens (primary N) is 2. The zero-order valence-electron chi connectivity index (χ0n) is 9.16. The molecule has 0 spiro atoms. The van der Waals surface area contributed by atoms with Gasteiger partial charge in [0.05, 0.1) is 25.2 Å². The summed E-state index contributed by atoms with van der Waals surface area (Å²) in [5, 5.41) is 2.55. The molecule has 0 heterocycles. The van der Waals surface area contributed by atoms with E-state index < -0.39 is 11.9 Å². The molecule has 0 rings (SSSR count). The molecule has 1 atom stereocenters. The SMILES string of the molecule is CC(C)OCCNC(=O)C(N)CC(N)=O. The molecule has 0 radical (unpaired) electrons. The summed E-state index contributed by atoms with van der Waals surface area (Å²) in [6.07, 6.45) is -0.0159. The molecule has 6 heteroatoms. The second-order valence-corrected chi connectivity index (χ2v) is 3.49. The van der Waals surface area contributed by atoms with Gasteiger partial charge in [-0.05, 0) is 13.8 Å². The van der Waals surface area contributed by atoms with Crippen molar-refractivity contribution in [1.82, 2.24) is 5.32 Å². The Labute approximate surface area is 89.3 Å². The molecule has 0 aliphatic heterocycles. The average molecular weight is 217 g/mol. The lowest BCUT2D eigenvalue weighted by Gasteiger charge is -2.11. The molecule has 0 saturated heterocycles. The lowest BCUT2D eigenvalue weighted by Crippen LogP contribution is -2.44. The number of primary amides is 1. The third-order valence-corrected chi connectivity index (χ3v) is 1.61. The quantitative estimate of drug-likeness (QED) is 0.462. The summed E-state index contributed by atoms with van der Waals surface area (Å²) in [7, 11) is 0. The van der Waals surface area contributed by atoms with Gasteiger partial charge in [-0.2, -0.15) is 0 Å². The zero-order valence-corrected chi connectivity index (χ0v) is 9.16. The lowest BCUT2D eigenvalue weighted by molar-refractivity contribution is -0.126. The summed E-state index contributed by atoms with van der Waals surface area (Å²) in [4.78, 5) is 21.7. The van der Waals surface area contributed by atoms with Crippen LogP contribution in [-0.2, 0) is 14.3 Å². The molecule has 0 fully saturated rings. The lowest BCUT2D eigenvalue weighted by atomic mass is 10.2. The van der Waals surface area contributed by atoms with E-state index in [-0.39, 0.29) is 18.4 Å². The van der Waals surface area contributed by atoms with Crippen LogP contribution >= 0.6 is 0 Å². The highest BCUT2D eigenvalue weighted by molar-refractivity contribution is 5.87. The maximum atomic E-state index is 11.2. The Balaban J connectivity index is 3.60. The van der Waals surface area contributed by atoms with E-state index in [0.29, 0.717) is 13.2 Å². The van der Waals surface area contributed by atoms with Gasteiger partial charge >= 0.3 is 0 Å². The molecule has 5 N–H and O–H groups in total. The van der Waals surface area contributed by atoms with Crippen molar-refractivity contribution in [3.05, 3.63) is 0 Å². The van der Waals surface area contributed by atoms with Crippen molar-refractivity contribution in [2.75, 3.05) is 13.2 Å². The van der Waals surface area contributed by atoms with Gasteiger partial charge in [-0.25, -0.2) is 0 Å². The molecule has 0 bridgehead atoms. The highest BCUT2D eigenvalue weighted by Gasteiger charge is 2.14. The zero-order chi connectivity index (χ0) is 11.8. The van der Waals surface area contributed by atoms with E-state index in [9.17, 15) is 9.59 Å². The van der Waals surface area contributed by atoms with Gasteiger partial charge in [-0.3, -0.25) is 9.59 Å². The summed E-state index contributed by atoms with van der Waals surface area (Å²) in [5.41, 5.74) is 10.3. The number of carbonyl (C=O) groups is 2. The molecule has 2 amide bonds. The van der Waals surface area contributed by atoms with Gasteiger partial charge < -0.3 is 21.5 Å². The largest absolute Gasteiger partial charge is 0.377 e. The Hall–Kier alpha value is -1.14. The van der Waals surface area contributed by atoms with E-state index >= 15 is 0 Å². The summed E-state index contributed by atoms with van der Waals surface area (Å²) in [5.74, 6) is -0.975. The first-order valence-electron chi connectivity index (χ1n) is 4.86. The van der Waals surface area contributed by atoms with Crippen molar-refractivity contribution in [2.45, 2.75) is 32.4 Å². The Bertz CT molecular complexity index is 219. The van der Waals surface area contributed by atoms with Crippen molar-refractivity contribution in [2.24, 2.45) is 11.5 Å². The minimum atomic E-state index is -0.874. The second-order valence-electron chi connectivity index (χ2n) is 3.49. The number of ether oxygens (including phenoxy) is 1. The minimum absolute atomic E-state index is 0.126. The molecular formula is C9H19N3O3. The van der Waals surface area contributed by atoms with Gasteiger partial charge in [0.15, 0.2) is 0 Å². The molecule has 88 valence electrons. The Kier molecular flexibility index (Phi) is 6.64. The molecule has 6 nitrogen and oxygen atoms in total. The Morgan fingerprint density at radius 1 is 1.40 bits per heavy atom. The Morgan fingerprint density at radius 2 is 2.00 bits per heavy atom. The number of rotatable bonds is 7. The molecule has 0 aliphatic rings. The summed E-state index contributed by atoms with van der Waals surface area (Å²) in [6.45, 7) is 4.61. The van der Waals surface area contributed by atoms with Gasteiger partial charge in [-0.15, -0.1) is 0 Å². The van der Waals surface area contributed by atoms with Crippen LogP contribution in [0.2, 0.25) is 0 Å². The maximum absolute atomic E-state index is 11.2. The van der Waals surface area contributed by atoms with Gasteiger partial charge in [0, 0.05) is 6.54 Å². The predicted molar refractivity (Wildman–Crippen MR) is 55.9 cm³/mol. The fraction of sp³-hybridized carbons (Fsp3) is 0.778. The van der Waals surface area contributed by atoms with Crippen LogP contribution in [0.15, 0.2) is 0 Å². The normalized spacial score (nSPS) is 12.5. The van der Waals surface area contributed by atoms with Crippen LogP contribution in [0.3, 0.4) is 0 Å². The molecule has 0 aliphatic carbocycles. The molecule has 1 unspecified atom stereocenters. The highest BCUT2D eigenvalue weighted by Crippen LogP contribution is 1.88. The maximum Gasteiger partial charge on any atom is 0.237 e. The van der Waals surface area contributed by atoms with Gasteiger partial charge in [0.2, 0.25) is 11.8 Å². The van der Waals surface area contributed by atoms with Crippen LogP contribution in [0.4, 0.5) is 0 Å². The topological polar surface area (TPSA) is 107 Å². The first-order chi connectivity index (χ1) is 6.93. The summed E-state index contributed by atoms with van der Waals surface area (Å²) >= 11 is 0. The van der Waals surface area contributed by atoms with E-state index in [0.717, 1.165) is 0 Å². The second kappa shape index (κ2) is 7.19. The van der Waals surface area contributed by atoms with Crippen LogP contribution in [0.5, 0.6) is 0 Å². The van der Waals surface area contributed by atoms with Gasteiger partial charge in [0.1, 0.15) is 0 Å². The number of amides is 2. The van der Waals surface area contributed by atoms with Crippen LogP contribution in [0.25, 0.3) is 0 Å². The van der Waals surface area contributed by atoms with Gasteiger partial charge in [0.25, 0.3) is 0 Å². The summed E-state index contributed by atoms with van der Waals surface area (Å²) < 4.78 is 5.21. The Morgan fingerprint density at radius 3 is 2.47 bits per heavy atom. The van der Waals surface area contributed by atoms with Crippen LogP contribution in [0, 0.1) is 0 Å². The smallest absolute Gasteiger partial charge is 0.237 e. The van der Waals surface area contributed by atoms with E-state index in [1.165, 1.54) is 0 Å². The van der Waals surface area contributed by atoms with Crippen molar-refractivity contribution in [1.29, 1.82) is 0 Å². The van der Waals surface area contributed by atoms with Gasteiger partial charge in [-0.1, -0.05) is 0 Å². The van der Waals surface area contributed by atoms with Crippen molar-refractivity contribution in [3.8, 4) is 0 Å². The average Bonchev–Trinajstić information content (AvgIpc) is 2.10. The third kappa shape index (κ3) is 7.90. The number of hydrogen-bond acceptors (Lipinski definition) is 4. The van der Waals surface area contributed by atoms with Crippen molar-refractivity contribution in [3.63, 3.8) is 0 Å². The first kappa shape index (κ1) is 13.9. The van der Waals surface area contributed by atoms with Crippen molar-refractivity contribution < 1.29 is 14.3 Å². The molecule has 15 heavy (non-hydrogen) atoms. The van der Waals surface area contributed by atoms with Crippen LogP contribution in [-0.4, -0.2) is 37.1 Å². The van der Waals surface area contributed by atoms with E-state index in [1.54, 1.807) is 0 Å². The van der Waals surface area contributed by atoms with Crippen LogP contribution < -0.4 is 16.8 Å². The minimum Gasteiger partial charge on any atom is -0.377 e. The monoisotopic (exact) mass is 217 g/mol. The molecule has 0 aromatic rings. The van der Waals surface area contributed by atoms with Crippen LogP contribution in [0.1, 0.15) is 20.3 Å². The molecule has 0 aromatic carbocycles. The number of carbonyl (C=O) groups excluding carboxylic acids is 2. The van der Waals surface area contributed by atoms with E-state index in [1.807, 2.05) is 13.8 Å². The third-order valence-electron chi connectivity index (χ3n) is 1.61. The van der Waals surface area contributed by atoms with Crippen molar-refractivity contribution >= 4 is 11.8 Å². The standard InChI is InChI=1S/C9H19N3O3/c1-6(2)15-4-3-12-9(14)7(10)5-8(11)13/h6-7H,3-5,10H2,1-2H3,(H2,11,13)(H,12,14). The fourth-order valence-corrected chi connectivity index (χ4v) is 0.909.